The molecule has 0 spiro atoms. The van der Waals surface area contributed by atoms with Crippen LogP contribution >= 0.6 is 0 Å². The molecule has 0 aliphatic carbocycles. The van der Waals surface area contributed by atoms with E-state index in [9.17, 15) is 0 Å². The average molecular weight is 275 g/mol. The predicted molar refractivity (Wildman–Crippen MR) is 68.4 cm³/mol. The molecule has 2 rings (SSSR count). The summed E-state index contributed by atoms with van der Waals surface area (Å²) in [5.41, 5.74) is 2.37. The van der Waals surface area contributed by atoms with Gasteiger partial charge in [-0.05, 0) is 0 Å². The van der Waals surface area contributed by atoms with Crippen molar-refractivity contribution in [1.82, 2.24) is 0 Å². The van der Waals surface area contributed by atoms with Gasteiger partial charge in [0.15, 0.2) is 0 Å². The van der Waals surface area contributed by atoms with Crippen molar-refractivity contribution in [2.75, 3.05) is 7.11 Å². The summed E-state index contributed by atoms with van der Waals surface area (Å²) in [5, 5.41) is 0. The monoisotopic (exact) mass is 276 g/mol. The first-order chi connectivity index (χ1) is 7.81. The van der Waals surface area contributed by atoms with Gasteiger partial charge in [0.05, 0.1) is 0 Å². The van der Waals surface area contributed by atoms with Crippen LogP contribution in [0.4, 0.5) is 0 Å². The van der Waals surface area contributed by atoms with Crippen LogP contribution in [0.25, 0.3) is 0 Å². The van der Waals surface area contributed by atoms with Crippen molar-refractivity contribution in [3.8, 4) is 5.75 Å². The van der Waals surface area contributed by atoms with E-state index >= 15 is 0 Å². The van der Waals surface area contributed by atoms with Crippen molar-refractivity contribution in [3.63, 3.8) is 0 Å². The van der Waals surface area contributed by atoms with Crippen molar-refractivity contribution in [3.05, 3.63) is 65.7 Å². The van der Waals surface area contributed by atoms with Crippen LogP contribution in [0.15, 0.2) is 54.6 Å². The summed E-state index contributed by atoms with van der Waals surface area (Å²) < 4.78 is 6.29. The predicted octanol–water partition coefficient (Wildman–Crippen LogP) is 2.43. The first-order valence-electron chi connectivity index (χ1n) is 5.05. The van der Waals surface area contributed by atoms with E-state index < -0.39 is 0 Å². The molecule has 0 aliphatic heterocycles. The van der Waals surface area contributed by atoms with Gasteiger partial charge in [-0.1, -0.05) is 0 Å². The Morgan fingerprint density at radius 1 is 0.875 bits per heavy atom. The Morgan fingerprint density at radius 3 is 2.00 bits per heavy atom. The van der Waals surface area contributed by atoms with Crippen molar-refractivity contribution in [1.29, 1.82) is 0 Å². The number of rotatable bonds is 3. The summed E-state index contributed by atoms with van der Waals surface area (Å²) in [4.78, 5) is 0. The molecule has 80 valence electrons. The second-order valence-electron chi connectivity index (χ2n) is 3.42. The van der Waals surface area contributed by atoms with E-state index in [1.54, 1.807) is 7.11 Å². The molecule has 0 amide bonds. The standard InChI is InChI=1S/C14H12OSe/c1-15-13-9-7-12(8-10-13)14(16)11-5-3-2-4-6-11/h2-10H,1H3. The number of ether oxygens (including phenoxy) is 1. The zero-order chi connectivity index (χ0) is 11.4. The Balaban J connectivity index is 2.28. The van der Waals surface area contributed by atoms with Crippen molar-refractivity contribution in [2.24, 2.45) is 0 Å². The van der Waals surface area contributed by atoms with Crippen molar-refractivity contribution >= 4 is 20.0 Å². The molecule has 0 saturated carbocycles. The number of methoxy groups -OCH3 is 1. The van der Waals surface area contributed by atoms with Crippen LogP contribution in [0.1, 0.15) is 11.1 Å². The van der Waals surface area contributed by atoms with Crippen LogP contribution < -0.4 is 4.74 Å². The van der Waals surface area contributed by atoms with Gasteiger partial charge in [-0.15, -0.1) is 0 Å². The van der Waals surface area contributed by atoms with Crippen LogP contribution in [0.5, 0.6) is 5.75 Å². The maximum absolute atomic E-state index is 5.14. The second-order valence-corrected chi connectivity index (χ2v) is 4.28. The average Bonchev–Trinajstić information content (AvgIpc) is 2.39. The zero-order valence-electron chi connectivity index (χ0n) is 9.01. The Hall–Kier alpha value is -1.37. The van der Waals surface area contributed by atoms with E-state index in [0.29, 0.717) is 0 Å². The molecule has 0 fully saturated rings. The Labute approximate surface area is 103 Å². The van der Waals surface area contributed by atoms with Gasteiger partial charge >= 0.3 is 103 Å². The molecule has 0 heterocycles. The van der Waals surface area contributed by atoms with E-state index in [4.69, 9.17) is 4.74 Å². The van der Waals surface area contributed by atoms with Gasteiger partial charge in [0.2, 0.25) is 0 Å². The molecule has 2 aromatic rings. The van der Waals surface area contributed by atoms with E-state index in [-0.39, 0.29) is 0 Å². The van der Waals surface area contributed by atoms with Crippen LogP contribution in [0.2, 0.25) is 0 Å². The van der Waals surface area contributed by atoms with Gasteiger partial charge in [-0.2, -0.15) is 0 Å². The fourth-order valence-electron chi connectivity index (χ4n) is 1.50. The molecule has 0 N–H and O–H groups in total. The third-order valence-corrected chi connectivity index (χ3v) is 3.38. The first kappa shape index (κ1) is 11.1. The molecule has 1 nitrogen and oxygen atoms in total. The molecule has 0 atom stereocenters. The SMILES string of the molecule is COc1ccc(C(=[Se])c2ccccc2)cc1. The first-order valence-corrected chi connectivity index (χ1v) is 5.91. The molecular weight excluding hydrogens is 263 g/mol. The molecule has 0 unspecified atom stereocenters. The van der Waals surface area contributed by atoms with Crippen molar-refractivity contribution < 1.29 is 4.74 Å². The summed E-state index contributed by atoms with van der Waals surface area (Å²) in [6.45, 7) is 0. The fraction of sp³-hybridized carbons (Fsp3) is 0.0714. The molecule has 0 aliphatic rings. The number of benzene rings is 2. The minimum absolute atomic E-state index is 0.879. The van der Waals surface area contributed by atoms with Crippen LogP contribution in [0, 0.1) is 0 Å². The summed E-state index contributed by atoms with van der Waals surface area (Å²) in [7, 11) is 1.68. The Bertz CT molecular complexity index is 474. The third-order valence-electron chi connectivity index (χ3n) is 2.39. The maximum atomic E-state index is 5.14. The summed E-state index contributed by atoms with van der Waals surface area (Å²) in [6.07, 6.45) is 0. The van der Waals surface area contributed by atoms with Gasteiger partial charge in [0.1, 0.15) is 0 Å². The van der Waals surface area contributed by atoms with Crippen LogP contribution in [-0.2, 0) is 0 Å². The van der Waals surface area contributed by atoms with Crippen LogP contribution in [-0.4, -0.2) is 27.1 Å². The summed E-state index contributed by atoms with van der Waals surface area (Å²) >= 11 is 3.12. The zero-order valence-corrected chi connectivity index (χ0v) is 10.7. The quantitative estimate of drug-likeness (QED) is 0.782. The van der Waals surface area contributed by atoms with Gasteiger partial charge in [-0.25, -0.2) is 0 Å². The normalized spacial score (nSPS) is 9.81. The minimum atomic E-state index is 0.879. The van der Waals surface area contributed by atoms with E-state index in [1.165, 1.54) is 11.1 Å². The van der Waals surface area contributed by atoms with Gasteiger partial charge in [-0.3, -0.25) is 0 Å². The molecule has 2 heteroatoms. The van der Waals surface area contributed by atoms with Gasteiger partial charge in [0.25, 0.3) is 0 Å². The summed E-state index contributed by atoms with van der Waals surface area (Å²) in [6, 6.07) is 18.3. The summed E-state index contributed by atoms with van der Waals surface area (Å²) in [5.74, 6) is 0.879. The van der Waals surface area contributed by atoms with E-state index in [0.717, 1.165) is 10.2 Å². The molecule has 0 saturated heterocycles. The number of hydrogen-bond acceptors (Lipinski definition) is 1. The molecule has 0 radical (unpaired) electrons. The molecule has 0 bridgehead atoms. The van der Waals surface area contributed by atoms with Crippen LogP contribution in [0.3, 0.4) is 0 Å². The molecular formula is C14H12OSe. The third kappa shape index (κ3) is 2.41. The van der Waals surface area contributed by atoms with E-state index in [2.05, 4.69) is 39.8 Å². The van der Waals surface area contributed by atoms with Gasteiger partial charge in [0, 0.05) is 0 Å². The molecule has 2 aromatic carbocycles. The second kappa shape index (κ2) is 5.11. The van der Waals surface area contributed by atoms with Gasteiger partial charge < -0.3 is 0 Å². The topological polar surface area (TPSA) is 9.23 Å². The van der Waals surface area contributed by atoms with E-state index in [1.807, 2.05) is 30.3 Å². The molecule has 16 heavy (non-hydrogen) atoms. The Morgan fingerprint density at radius 2 is 1.44 bits per heavy atom. The molecule has 0 aromatic heterocycles. The van der Waals surface area contributed by atoms with Crippen molar-refractivity contribution in [2.45, 2.75) is 0 Å². The Kier molecular flexibility index (Phi) is 3.55. The fourth-order valence-corrected chi connectivity index (χ4v) is 2.07. The number of hydrogen-bond donors (Lipinski definition) is 0.